The molecule has 124 valence electrons. The second-order valence-corrected chi connectivity index (χ2v) is 5.73. The van der Waals surface area contributed by atoms with E-state index in [1.165, 1.54) is 41.2 Å². The van der Waals surface area contributed by atoms with E-state index in [-0.39, 0.29) is 10.7 Å². The van der Waals surface area contributed by atoms with Gasteiger partial charge in [-0.15, -0.1) is 0 Å². The fraction of sp³-hybridized carbons (Fsp3) is 0.0667. The Balaban J connectivity index is 2.15. The van der Waals surface area contributed by atoms with Crippen molar-refractivity contribution in [1.29, 1.82) is 0 Å². The predicted octanol–water partition coefficient (Wildman–Crippen LogP) is 3.19. The quantitative estimate of drug-likeness (QED) is 0.679. The Bertz CT molecular complexity index is 877. The van der Waals surface area contributed by atoms with Crippen LogP contribution >= 0.6 is 0 Å². The second kappa shape index (κ2) is 6.17. The van der Waals surface area contributed by atoms with Crippen molar-refractivity contribution in [3.8, 4) is 17.1 Å². The molecule has 0 aliphatic carbocycles. The minimum absolute atomic E-state index is 0.0397. The predicted molar refractivity (Wildman–Crippen MR) is 79.0 cm³/mol. The van der Waals surface area contributed by atoms with Gasteiger partial charge in [-0.25, -0.2) is 4.98 Å². The summed E-state index contributed by atoms with van der Waals surface area (Å²) in [4.78, 5) is 7.59. The van der Waals surface area contributed by atoms with Crippen LogP contribution in [-0.2, 0) is 17.3 Å². The maximum atomic E-state index is 13.0. The largest absolute Gasteiger partial charge is 0.768 e. The lowest BCUT2D eigenvalue weighted by Crippen LogP contribution is -2.05. The smallest absolute Gasteiger partial charge is 0.434 e. The molecule has 0 saturated carbocycles. The monoisotopic (exact) mass is 352 g/mol. The Morgan fingerprint density at radius 1 is 1.12 bits per heavy atom. The number of hydrogen-bond acceptors (Lipinski definition) is 4. The molecule has 0 radical (unpaired) electrons. The molecule has 1 atom stereocenters. The number of rotatable bonds is 3. The number of aromatic nitrogens is 3. The highest BCUT2D eigenvalue weighted by Crippen LogP contribution is 2.32. The lowest BCUT2D eigenvalue weighted by molar-refractivity contribution is -0.140. The van der Waals surface area contributed by atoms with Gasteiger partial charge in [0.25, 0.3) is 0 Å². The van der Waals surface area contributed by atoms with Crippen molar-refractivity contribution in [3.05, 3.63) is 60.7 Å². The zero-order valence-electron chi connectivity index (χ0n) is 11.9. The molecule has 0 N–H and O–H groups in total. The molecule has 0 aliphatic heterocycles. The third-order valence-electron chi connectivity index (χ3n) is 3.22. The number of nitrogens with zero attached hydrogens (tertiary/aromatic N) is 3. The third kappa shape index (κ3) is 3.22. The standard InChI is InChI=1S/C15H10F3N3O2S/c16-15(17,18)13-9-21(11-3-5-12(6-4-11)24(22)23)14(20-13)10-2-1-7-19-8-10/h1-9H,(H,22,23)/p-1. The normalized spacial score (nSPS) is 13.0. The summed E-state index contributed by atoms with van der Waals surface area (Å²) in [5.74, 6) is 0.0615. The lowest BCUT2D eigenvalue weighted by Gasteiger charge is -2.09. The Hall–Kier alpha value is -2.52. The van der Waals surface area contributed by atoms with Gasteiger partial charge in [-0.3, -0.25) is 13.8 Å². The third-order valence-corrected chi connectivity index (χ3v) is 3.88. The molecule has 2 aromatic heterocycles. The average Bonchev–Trinajstić information content (AvgIpc) is 3.01. The molecule has 1 aromatic carbocycles. The summed E-state index contributed by atoms with van der Waals surface area (Å²) < 4.78 is 62.1. The van der Waals surface area contributed by atoms with Gasteiger partial charge in [0.2, 0.25) is 0 Å². The van der Waals surface area contributed by atoms with E-state index >= 15 is 0 Å². The molecule has 1 unspecified atom stereocenters. The van der Waals surface area contributed by atoms with E-state index in [1.807, 2.05) is 0 Å². The Morgan fingerprint density at radius 2 is 1.83 bits per heavy atom. The number of pyridine rings is 1. The maximum absolute atomic E-state index is 13.0. The van der Waals surface area contributed by atoms with Crippen LogP contribution < -0.4 is 0 Å². The number of hydrogen-bond donors (Lipinski definition) is 0. The van der Waals surface area contributed by atoms with Crippen LogP contribution in [0.25, 0.3) is 17.1 Å². The molecule has 0 aliphatic rings. The van der Waals surface area contributed by atoms with Crippen LogP contribution in [-0.4, -0.2) is 23.3 Å². The van der Waals surface area contributed by atoms with Crippen molar-refractivity contribution < 1.29 is 21.9 Å². The van der Waals surface area contributed by atoms with Crippen LogP contribution in [0, 0.1) is 0 Å². The van der Waals surface area contributed by atoms with Gasteiger partial charge in [-0.05, 0) is 47.5 Å². The number of imidazole rings is 1. The Labute approximate surface area is 137 Å². The van der Waals surface area contributed by atoms with E-state index in [2.05, 4.69) is 9.97 Å². The first-order valence-corrected chi connectivity index (χ1v) is 7.70. The summed E-state index contributed by atoms with van der Waals surface area (Å²) >= 11 is -2.41. The molecule has 9 heteroatoms. The minimum Gasteiger partial charge on any atom is -0.768 e. The molecule has 3 rings (SSSR count). The van der Waals surface area contributed by atoms with Gasteiger partial charge in [-0.2, -0.15) is 13.2 Å². The molecular formula is C15H9F3N3O2S-. The van der Waals surface area contributed by atoms with Crippen LogP contribution in [0.3, 0.4) is 0 Å². The van der Waals surface area contributed by atoms with E-state index in [4.69, 9.17) is 0 Å². The van der Waals surface area contributed by atoms with Crippen LogP contribution in [0.15, 0.2) is 59.9 Å². The highest BCUT2D eigenvalue weighted by molar-refractivity contribution is 7.79. The summed E-state index contributed by atoms with van der Waals surface area (Å²) in [6, 6.07) is 8.61. The van der Waals surface area contributed by atoms with Gasteiger partial charge >= 0.3 is 6.18 Å². The van der Waals surface area contributed by atoms with Crippen molar-refractivity contribution in [2.45, 2.75) is 11.1 Å². The summed E-state index contributed by atoms with van der Waals surface area (Å²) in [7, 11) is 0. The summed E-state index contributed by atoms with van der Waals surface area (Å²) in [5, 5.41) is 0. The first kappa shape index (κ1) is 16.3. The van der Waals surface area contributed by atoms with Gasteiger partial charge in [0.15, 0.2) is 5.69 Å². The van der Waals surface area contributed by atoms with Crippen molar-refractivity contribution >= 4 is 11.1 Å². The highest BCUT2D eigenvalue weighted by atomic mass is 32.2. The molecule has 0 amide bonds. The van der Waals surface area contributed by atoms with Crippen LogP contribution in [0.5, 0.6) is 0 Å². The van der Waals surface area contributed by atoms with Crippen LogP contribution in [0.4, 0.5) is 13.2 Å². The van der Waals surface area contributed by atoms with Crippen LogP contribution in [0.1, 0.15) is 5.69 Å². The minimum atomic E-state index is -4.60. The fourth-order valence-electron chi connectivity index (χ4n) is 2.13. The molecule has 0 saturated heterocycles. The molecule has 0 fully saturated rings. The molecule has 3 aromatic rings. The summed E-state index contributed by atoms with van der Waals surface area (Å²) in [6.07, 6.45) is -0.829. The number of alkyl halides is 3. The van der Waals surface area contributed by atoms with E-state index < -0.39 is 23.0 Å². The molecule has 2 heterocycles. The topological polar surface area (TPSA) is 70.8 Å². The molecular weight excluding hydrogens is 343 g/mol. The Morgan fingerprint density at radius 3 is 2.38 bits per heavy atom. The summed E-state index contributed by atoms with van der Waals surface area (Å²) in [6.45, 7) is 0. The Kier molecular flexibility index (Phi) is 4.20. The van der Waals surface area contributed by atoms with Gasteiger partial charge in [-0.1, -0.05) is 0 Å². The maximum Gasteiger partial charge on any atom is 0.434 e. The van der Waals surface area contributed by atoms with Crippen molar-refractivity contribution in [1.82, 2.24) is 14.5 Å². The van der Waals surface area contributed by atoms with Gasteiger partial charge in [0.1, 0.15) is 5.82 Å². The van der Waals surface area contributed by atoms with Gasteiger partial charge in [0, 0.05) is 34.7 Å². The van der Waals surface area contributed by atoms with Crippen molar-refractivity contribution in [3.63, 3.8) is 0 Å². The van der Waals surface area contributed by atoms with Crippen molar-refractivity contribution in [2.24, 2.45) is 0 Å². The zero-order chi connectivity index (χ0) is 17.3. The molecule has 5 nitrogen and oxygen atoms in total. The van der Waals surface area contributed by atoms with E-state index in [1.54, 1.807) is 12.1 Å². The van der Waals surface area contributed by atoms with Gasteiger partial charge < -0.3 is 4.55 Å². The zero-order valence-corrected chi connectivity index (χ0v) is 12.7. The highest BCUT2D eigenvalue weighted by Gasteiger charge is 2.35. The molecule has 24 heavy (non-hydrogen) atoms. The van der Waals surface area contributed by atoms with E-state index in [0.29, 0.717) is 11.3 Å². The SMILES string of the molecule is O=S([O-])c1ccc(-n2cc(C(F)(F)F)nc2-c2cccnc2)cc1. The average molecular weight is 352 g/mol. The van der Waals surface area contributed by atoms with E-state index in [0.717, 1.165) is 6.20 Å². The van der Waals surface area contributed by atoms with E-state index in [9.17, 15) is 21.9 Å². The lowest BCUT2D eigenvalue weighted by atomic mass is 10.2. The number of halogens is 3. The van der Waals surface area contributed by atoms with Crippen molar-refractivity contribution in [2.75, 3.05) is 0 Å². The number of benzene rings is 1. The first-order valence-electron chi connectivity index (χ1n) is 6.63. The van der Waals surface area contributed by atoms with Crippen LogP contribution in [0.2, 0.25) is 0 Å². The second-order valence-electron chi connectivity index (χ2n) is 4.79. The fourth-order valence-corrected chi connectivity index (χ4v) is 2.49. The molecule has 0 bridgehead atoms. The first-order chi connectivity index (χ1) is 11.4. The summed E-state index contributed by atoms with van der Waals surface area (Å²) in [5.41, 5.74) is -0.284. The molecule has 0 spiro atoms. The van der Waals surface area contributed by atoms with Gasteiger partial charge in [0.05, 0.1) is 0 Å².